The zero-order valence-electron chi connectivity index (χ0n) is 11.9. The van der Waals surface area contributed by atoms with Crippen LogP contribution in [-0.4, -0.2) is 13.9 Å². The summed E-state index contributed by atoms with van der Waals surface area (Å²) >= 11 is -1.41. The summed E-state index contributed by atoms with van der Waals surface area (Å²) in [5.74, 6) is -0.551. The molecule has 0 amide bonds. The lowest BCUT2D eigenvalue weighted by Crippen LogP contribution is -3.61. The maximum Gasteiger partial charge on any atom is 0.534 e. The number of rotatable bonds is 4. The van der Waals surface area contributed by atoms with Crippen LogP contribution in [0.1, 0.15) is 5.56 Å². The molecule has 2 rings (SSSR count). The number of halogens is 7. The third-order valence-electron chi connectivity index (χ3n) is 2.68. The van der Waals surface area contributed by atoms with Gasteiger partial charge in [0.25, 0.3) is 0 Å². The van der Waals surface area contributed by atoms with Gasteiger partial charge in [-0.3, -0.25) is 0 Å². The van der Waals surface area contributed by atoms with Crippen molar-refractivity contribution in [3.8, 4) is 5.75 Å². The molecule has 0 saturated carbocycles. The van der Waals surface area contributed by atoms with Crippen molar-refractivity contribution < 1.29 is 60.1 Å². The van der Waals surface area contributed by atoms with Gasteiger partial charge in [0.05, 0.1) is 5.56 Å². The highest BCUT2D eigenvalue weighted by Gasteiger charge is 2.49. The molecule has 3 nitrogen and oxygen atoms in total. The highest BCUT2D eigenvalue weighted by molar-refractivity contribution is 7.87. The molecule has 0 heterocycles. The summed E-state index contributed by atoms with van der Waals surface area (Å²) < 4.78 is 102. The van der Waals surface area contributed by atoms with E-state index in [4.69, 9.17) is 0 Å². The summed E-state index contributed by atoms with van der Waals surface area (Å²) in [4.78, 5) is 0. The first-order chi connectivity index (χ1) is 11.4. The van der Waals surface area contributed by atoms with E-state index in [1.54, 1.807) is 0 Å². The van der Waals surface area contributed by atoms with Crippen molar-refractivity contribution in [1.29, 1.82) is 0 Å². The summed E-state index contributed by atoms with van der Waals surface area (Å²) in [6.07, 6.45) is -4.56. The maximum absolute atomic E-state index is 12.7. The van der Waals surface area contributed by atoms with Crippen molar-refractivity contribution in [3.05, 3.63) is 61.2 Å². The molecule has 0 atom stereocenters. The summed E-state index contributed by atoms with van der Waals surface area (Å²) in [5.41, 5.74) is -6.50. The second-order valence-corrected chi connectivity index (χ2v) is 9.00. The lowest BCUT2D eigenvalue weighted by Gasteiger charge is -2.09. The number of alkyl halides is 6. The molecule has 0 unspecified atom stereocenters. The van der Waals surface area contributed by atoms with E-state index in [0.29, 0.717) is 0 Å². The SMILES string of the molecule is O=S(=O)(Oc1ccccc1[I+]c1cccc(C(F)(F)F)c1)C(F)(F)F. The standard InChI is InChI=1S/C14H8F6IO3S/c15-13(16,17)9-4-3-5-10(8-9)21-11-6-1-2-7-12(11)24-25(22,23)14(18,19)20/h1-8H/q+1. The first kappa shape index (κ1) is 19.8. The Kier molecular flexibility index (Phi) is 5.56. The van der Waals surface area contributed by atoms with Gasteiger partial charge in [0.1, 0.15) is 0 Å². The molecule has 0 radical (unpaired) electrons. The van der Waals surface area contributed by atoms with Gasteiger partial charge in [0.15, 0.2) is 9.32 Å². The Bertz CT molecular complexity index is 861. The highest BCUT2D eigenvalue weighted by Crippen LogP contribution is 2.29. The van der Waals surface area contributed by atoms with E-state index in [2.05, 4.69) is 4.18 Å². The second-order valence-electron chi connectivity index (χ2n) is 4.52. The molecular formula is C14H8F6IO3S+. The van der Waals surface area contributed by atoms with Gasteiger partial charge in [-0.1, -0.05) is 18.2 Å². The Morgan fingerprint density at radius 1 is 0.880 bits per heavy atom. The van der Waals surface area contributed by atoms with Crippen molar-refractivity contribution >= 4 is 10.1 Å². The van der Waals surface area contributed by atoms with E-state index < -0.39 is 54.3 Å². The summed E-state index contributed by atoms with van der Waals surface area (Å²) in [6, 6.07) is 9.33. The van der Waals surface area contributed by atoms with Gasteiger partial charge < -0.3 is 4.18 Å². The quantitative estimate of drug-likeness (QED) is 0.275. The van der Waals surface area contributed by atoms with Crippen molar-refractivity contribution in [3.63, 3.8) is 0 Å². The van der Waals surface area contributed by atoms with Crippen LogP contribution in [0.5, 0.6) is 5.75 Å². The van der Waals surface area contributed by atoms with Crippen LogP contribution < -0.4 is 25.4 Å². The average Bonchev–Trinajstić information content (AvgIpc) is 2.47. The van der Waals surface area contributed by atoms with Crippen LogP contribution in [0.15, 0.2) is 48.5 Å². The number of hydrogen-bond acceptors (Lipinski definition) is 3. The fraction of sp³-hybridized carbons (Fsp3) is 0.143. The van der Waals surface area contributed by atoms with Crippen molar-refractivity contribution in [1.82, 2.24) is 0 Å². The number of para-hydroxylation sites is 1. The summed E-state index contributed by atoms with van der Waals surface area (Å²) in [6.45, 7) is 0. The lowest BCUT2D eigenvalue weighted by atomic mass is 10.2. The van der Waals surface area contributed by atoms with E-state index in [9.17, 15) is 34.8 Å². The van der Waals surface area contributed by atoms with Gasteiger partial charge >= 0.3 is 43.0 Å². The van der Waals surface area contributed by atoms with Gasteiger partial charge in [-0.05, 0) is 24.3 Å². The maximum atomic E-state index is 12.7. The lowest BCUT2D eigenvalue weighted by molar-refractivity contribution is -0.598. The van der Waals surface area contributed by atoms with E-state index in [0.717, 1.165) is 18.2 Å². The van der Waals surface area contributed by atoms with Crippen LogP contribution in [-0.2, 0) is 16.3 Å². The van der Waals surface area contributed by atoms with Crippen LogP contribution in [0.3, 0.4) is 0 Å². The Morgan fingerprint density at radius 2 is 1.52 bits per heavy atom. The topological polar surface area (TPSA) is 43.4 Å². The molecule has 0 spiro atoms. The summed E-state index contributed by atoms with van der Waals surface area (Å²) in [7, 11) is -5.86. The van der Waals surface area contributed by atoms with Crippen LogP contribution >= 0.6 is 0 Å². The smallest absolute Gasteiger partial charge is 0.371 e. The number of hydrogen-bond donors (Lipinski definition) is 0. The molecule has 0 fully saturated rings. The average molecular weight is 497 g/mol. The Labute approximate surface area is 149 Å². The third-order valence-corrected chi connectivity index (χ3v) is 6.41. The molecule has 11 heteroatoms. The largest absolute Gasteiger partial charge is 0.534 e. The van der Waals surface area contributed by atoms with E-state index in [1.165, 1.54) is 30.3 Å². The normalized spacial score (nSPS) is 12.9. The molecule has 25 heavy (non-hydrogen) atoms. The van der Waals surface area contributed by atoms with Gasteiger partial charge in [-0.2, -0.15) is 34.8 Å². The molecule has 0 aromatic heterocycles. The Balaban J connectivity index is 2.34. The fourth-order valence-electron chi connectivity index (χ4n) is 1.60. The zero-order valence-corrected chi connectivity index (χ0v) is 14.9. The van der Waals surface area contributed by atoms with Crippen molar-refractivity contribution in [2.75, 3.05) is 0 Å². The van der Waals surface area contributed by atoms with Crippen LogP contribution in [0.2, 0.25) is 0 Å². The molecule has 0 aliphatic carbocycles. The molecule has 136 valence electrons. The second kappa shape index (κ2) is 7.02. The van der Waals surface area contributed by atoms with Gasteiger partial charge in [0, 0.05) is 6.07 Å². The van der Waals surface area contributed by atoms with E-state index in [-0.39, 0.29) is 7.14 Å². The molecule has 0 N–H and O–H groups in total. The number of benzene rings is 2. The zero-order chi connectivity index (χ0) is 18.9. The molecule has 0 aliphatic rings. The first-order valence-electron chi connectivity index (χ1n) is 6.32. The van der Waals surface area contributed by atoms with Gasteiger partial charge in [0.2, 0.25) is 3.57 Å². The monoisotopic (exact) mass is 497 g/mol. The predicted octanol–water partition coefficient (Wildman–Crippen LogP) is 1.06. The molecule has 2 aromatic rings. The Hall–Kier alpha value is -1.50. The molecule has 0 bridgehead atoms. The molecular weight excluding hydrogens is 489 g/mol. The van der Waals surface area contributed by atoms with Crippen LogP contribution in [0, 0.1) is 7.14 Å². The minimum absolute atomic E-state index is 0.105. The first-order valence-corrected chi connectivity index (χ1v) is 9.88. The van der Waals surface area contributed by atoms with E-state index in [1.807, 2.05) is 0 Å². The molecule has 2 aromatic carbocycles. The highest BCUT2D eigenvalue weighted by atomic mass is 127. The fourth-order valence-corrected chi connectivity index (χ4v) is 4.72. The van der Waals surface area contributed by atoms with Crippen molar-refractivity contribution in [2.24, 2.45) is 0 Å². The van der Waals surface area contributed by atoms with Crippen LogP contribution in [0.4, 0.5) is 26.3 Å². The van der Waals surface area contributed by atoms with Gasteiger partial charge in [-0.15, -0.1) is 0 Å². The minimum atomic E-state index is -5.86. The van der Waals surface area contributed by atoms with Crippen molar-refractivity contribution in [2.45, 2.75) is 11.7 Å². The summed E-state index contributed by atoms with van der Waals surface area (Å²) in [5, 5.41) is 0. The third kappa shape index (κ3) is 5.00. The minimum Gasteiger partial charge on any atom is -0.371 e. The molecule has 0 aliphatic heterocycles. The predicted molar refractivity (Wildman–Crippen MR) is 70.9 cm³/mol. The Morgan fingerprint density at radius 3 is 2.12 bits per heavy atom. The van der Waals surface area contributed by atoms with Gasteiger partial charge in [-0.25, -0.2) is 0 Å². The molecule has 0 saturated heterocycles. The van der Waals surface area contributed by atoms with E-state index >= 15 is 0 Å². The van der Waals surface area contributed by atoms with Crippen LogP contribution in [0.25, 0.3) is 0 Å².